The lowest BCUT2D eigenvalue weighted by molar-refractivity contribution is -0.0545. The maximum atomic E-state index is 14.2. The van der Waals surface area contributed by atoms with Crippen LogP contribution >= 0.6 is 0 Å². The molecule has 8 heterocycles. The van der Waals surface area contributed by atoms with Gasteiger partial charge in [0.05, 0.1) is 25.4 Å². The molecule has 416 valence electrons. The summed E-state index contributed by atoms with van der Waals surface area (Å²) in [6.45, 7) is 6.22. The SMILES string of the molecule is CC[C@H]1O[C@@H](n2ccnc(C(N)=O)c2=O)[C@@H](F)[C@H]1C.CC[C@H]1O[C@@H](n2ccnc(C(N)=O)c2=O)[C@H](F)[C@@H]1C.NC(=O)c1nccn([C@@H]2O[C@H](CO)[C@@H](O)[C@H]2O)c1=O.NC(=O)c1nccn([C@@H]2O[C@H](CO)[C@H](O)[C@@H]2O)c1=O. The predicted octanol–water partition coefficient (Wildman–Crippen LogP) is -4.85. The lowest BCUT2D eigenvalue weighted by Crippen LogP contribution is -2.38. The summed E-state index contributed by atoms with van der Waals surface area (Å²) < 4.78 is 53.7. The molecule has 4 saturated heterocycles. The summed E-state index contributed by atoms with van der Waals surface area (Å²) in [5.74, 6) is -4.52. The van der Waals surface area contributed by atoms with Crippen LogP contribution in [0.15, 0.2) is 68.8 Å². The molecule has 0 saturated carbocycles. The van der Waals surface area contributed by atoms with E-state index >= 15 is 0 Å². The van der Waals surface area contributed by atoms with E-state index in [0.717, 1.165) is 30.7 Å². The Morgan fingerprint density at radius 1 is 0.474 bits per heavy atom. The molecule has 4 fully saturated rings. The number of aromatic nitrogens is 8. The molecule has 0 aromatic carbocycles. The van der Waals surface area contributed by atoms with Gasteiger partial charge in [0.1, 0.15) is 36.6 Å². The van der Waals surface area contributed by atoms with Crippen LogP contribution in [-0.4, -0.2) is 167 Å². The van der Waals surface area contributed by atoms with Crippen molar-refractivity contribution < 1.29 is 77.5 Å². The van der Waals surface area contributed by atoms with Crippen LogP contribution in [0.25, 0.3) is 0 Å². The smallest absolute Gasteiger partial charge is 0.284 e. The number of nitrogens with zero attached hydrogens (tertiary/aromatic N) is 8. The lowest BCUT2D eigenvalue weighted by Gasteiger charge is -2.17. The van der Waals surface area contributed by atoms with Crippen molar-refractivity contribution in [2.24, 2.45) is 34.8 Å². The van der Waals surface area contributed by atoms with E-state index in [9.17, 15) is 67.6 Å². The minimum atomic E-state index is -1.42. The van der Waals surface area contributed by atoms with Crippen LogP contribution in [0, 0.1) is 11.8 Å². The van der Waals surface area contributed by atoms with Crippen molar-refractivity contribution in [3.63, 3.8) is 0 Å². The first kappa shape index (κ1) is 59.7. The molecule has 4 aromatic heterocycles. The van der Waals surface area contributed by atoms with Gasteiger partial charge in [0.15, 0.2) is 60.0 Å². The second-order valence-electron chi connectivity index (χ2n) is 17.4. The van der Waals surface area contributed by atoms with Gasteiger partial charge in [0.2, 0.25) is 0 Å². The fraction of sp³-hybridized carbons (Fsp3) is 0.545. The van der Waals surface area contributed by atoms with Crippen LogP contribution < -0.4 is 45.2 Å². The molecular formula is C44H58F2N12O18. The van der Waals surface area contributed by atoms with Crippen molar-refractivity contribution in [2.45, 2.75) is 127 Å². The zero-order chi connectivity index (χ0) is 56.6. The Bertz CT molecular complexity index is 2570. The first-order valence-electron chi connectivity index (χ1n) is 23.2. The van der Waals surface area contributed by atoms with Gasteiger partial charge < -0.3 is 72.5 Å². The van der Waals surface area contributed by atoms with Gasteiger partial charge in [-0.2, -0.15) is 0 Å². The largest absolute Gasteiger partial charge is 0.394 e. The summed E-state index contributed by atoms with van der Waals surface area (Å²) >= 11 is 0. The van der Waals surface area contributed by atoms with E-state index in [1.807, 2.05) is 13.8 Å². The van der Waals surface area contributed by atoms with E-state index in [2.05, 4.69) is 19.9 Å². The van der Waals surface area contributed by atoms with Gasteiger partial charge in [0.25, 0.3) is 45.9 Å². The fourth-order valence-electron chi connectivity index (χ4n) is 8.46. The first-order valence-corrected chi connectivity index (χ1v) is 23.2. The van der Waals surface area contributed by atoms with E-state index in [1.54, 1.807) is 13.8 Å². The molecule has 8 rings (SSSR count). The molecule has 30 nitrogen and oxygen atoms in total. The fourth-order valence-corrected chi connectivity index (χ4v) is 8.46. The maximum Gasteiger partial charge on any atom is 0.284 e. The highest BCUT2D eigenvalue weighted by Gasteiger charge is 2.47. The average Bonchev–Trinajstić information content (AvgIpc) is 4.06. The Kier molecular flexibility index (Phi) is 20.1. The molecular weight excluding hydrogens is 1020 g/mol. The van der Waals surface area contributed by atoms with Crippen molar-refractivity contribution in [1.82, 2.24) is 38.2 Å². The zero-order valence-electron chi connectivity index (χ0n) is 40.9. The number of alkyl halides is 2. The summed E-state index contributed by atoms with van der Waals surface area (Å²) in [6, 6.07) is 0. The lowest BCUT2D eigenvalue weighted by atomic mass is 10.00. The summed E-state index contributed by atoms with van der Waals surface area (Å²) in [4.78, 5) is 106. The minimum Gasteiger partial charge on any atom is -0.394 e. The van der Waals surface area contributed by atoms with Crippen molar-refractivity contribution in [2.75, 3.05) is 13.2 Å². The van der Waals surface area contributed by atoms with Crippen LogP contribution in [0.2, 0.25) is 0 Å². The molecule has 4 aliphatic heterocycles. The summed E-state index contributed by atoms with van der Waals surface area (Å²) in [6.07, 6.45) is -4.13. The highest BCUT2D eigenvalue weighted by Crippen LogP contribution is 2.38. The Morgan fingerprint density at radius 2 is 0.711 bits per heavy atom. The van der Waals surface area contributed by atoms with E-state index in [-0.39, 0.29) is 24.0 Å². The van der Waals surface area contributed by atoms with E-state index in [4.69, 9.17) is 52.1 Å². The van der Waals surface area contributed by atoms with Crippen molar-refractivity contribution in [3.8, 4) is 0 Å². The van der Waals surface area contributed by atoms with E-state index in [1.165, 1.54) is 37.2 Å². The normalized spacial score (nSPS) is 30.5. The Balaban J connectivity index is 0.000000187. The van der Waals surface area contributed by atoms with Crippen LogP contribution in [-0.2, 0) is 18.9 Å². The van der Waals surface area contributed by atoms with Crippen molar-refractivity contribution in [3.05, 3.63) is 114 Å². The summed E-state index contributed by atoms with van der Waals surface area (Å²) in [5.41, 5.74) is 15.1. The molecule has 0 spiro atoms. The standard InChI is InChI=1S/2C12H16FN3O3.2C10H13N3O6/c2*1-3-7-6(2)8(13)12(19-7)16-5-4-15-9(10(14)17)11(16)18;2*11-8(17)5-9(18)13(2-1-12-5)10-7(16)6(15)4(3-14)19-10/h2*4-8,12H,3H2,1-2H3,(H2,14,17);2*1-2,4,6-7,10,14-16H,3H2,(H2,11,17)/t6-,7+,8-,12+;6-,7-,8-,12-;4-,6+,7+,10-;4-,6-,7-,10-/m0111/s1. The molecule has 0 radical (unpaired) electrons. The highest BCUT2D eigenvalue weighted by atomic mass is 19.1. The van der Waals surface area contributed by atoms with Crippen molar-refractivity contribution >= 4 is 23.6 Å². The van der Waals surface area contributed by atoms with Gasteiger partial charge in [-0.15, -0.1) is 0 Å². The van der Waals surface area contributed by atoms with Crippen LogP contribution in [0.5, 0.6) is 0 Å². The minimum absolute atomic E-state index is 0.253. The van der Waals surface area contributed by atoms with Gasteiger partial charge in [-0.25, -0.2) is 28.7 Å². The van der Waals surface area contributed by atoms with Crippen LogP contribution in [0.1, 0.15) is 107 Å². The third kappa shape index (κ3) is 12.4. The number of carbonyl (C=O) groups is 4. The second-order valence-corrected chi connectivity index (χ2v) is 17.4. The number of aliphatic hydroxyl groups excluding tert-OH is 6. The second kappa shape index (κ2) is 25.6. The van der Waals surface area contributed by atoms with Gasteiger partial charge in [0, 0.05) is 61.4 Å². The molecule has 4 aromatic rings. The van der Waals surface area contributed by atoms with Crippen LogP contribution in [0.4, 0.5) is 8.78 Å². The topological polar surface area (TPSA) is 470 Å². The summed E-state index contributed by atoms with van der Waals surface area (Å²) in [5, 5.41) is 56.7. The van der Waals surface area contributed by atoms with Gasteiger partial charge in [-0.3, -0.25) is 56.6 Å². The van der Waals surface area contributed by atoms with Gasteiger partial charge in [-0.1, -0.05) is 27.7 Å². The average molecular weight is 1080 g/mol. The summed E-state index contributed by atoms with van der Waals surface area (Å²) in [7, 11) is 0. The predicted molar refractivity (Wildman–Crippen MR) is 251 cm³/mol. The number of amides is 4. The number of primary amides is 4. The van der Waals surface area contributed by atoms with Crippen LogP contribution in [0.3, 0.4) is 0 Å². The first-order chi connectivity index (χ1) is 35.9. The van der Waals surface area contributed by atoms with E-state index < -0.39 is 156 Å². The number of nitrogens with two attached hydrogens (primary N) is 4. The van der Waals surface area contributed by atoms with Gasteiger partial charge in [-0.05, 0) is 12.8 Å². The highest BCUT2D eigenvalue weighted by molar-refractivity contribution is 5.91. The molecule has 16 atom stereocenters. The zero-order valence-corrected chi connectivity index (χ0v) is 40.9. The quantitative estimate of drug-likeness (QED) is 0.0636. The molecule has 4 aliphatic rings. The molecule has 0 unspecified atom stereocenters. The number of hydrogen-bond donors (Lipinski definition) is 10. The Labute approximate surface area is 427 Å². The number of aliphatic hydroxyl groups is 6. The molecule has 0 bridgehead atoms. The Morgan fingerprint density at radius 3 is 0.908 bits per heavy atom. The Hall–Kier alpha value is -7.14. The number of halogens is 2. The maximum absolute atomic E-state index is 14.2. The number of ether oxygens (including phenoxy) is 4. The van der Waals surface area contributed by atoms with Gasteiger partial charge >= 0.3 is 0 Å². The third-order valence-corrected chi connectivity index (χ3v) is 12.7. The molecule has 0 aliphatic carbocycles. The molecule has 76 heavy (non-hydrogen) atoms. The molecule has 14 N–H and O–H groups in total. The van der Waals surface area contributed by atoms with E-state index in [0.29, 0.717) is 12.8 Å². The number of rotatable bonds is 12. The monoisotopic (exact) mass is 1080 g/mol. The molecule has 4 amide bonds. The number of carbonyl (C=O) groups excluding carboxylic acids is 4. The number of hydrogen-bond acceptors (Lipinski definition) is 22. The molecule has 32 heteroatoms. The third-order valence-electron chi connectivity index (χ3n) is 12.7. The van der Waals surface area contributed by atoms with Crippen molar-refractivity contribution in [1.29, 1.82) is 0 Å².